The fourth-order valence-corrected chi connectivity index (χ4v) is 0.201. The van der Waals surface area contributed by atoms with Gasteiger partial charge in [0, 0.05) is 12.8 Å². The molecule has 0 aliphatic carbocycles. The monoisotopic (exact) mass is 131 g/mol. The highest BCUT2D eigenvalue weighted by Gasteiger charge is 1.88. The molecular formula is C6H13NO2. The maximum Gasteiger partial charge on any atom is 0.217 e. The van der Waals surface area contributed by atoms with E-state index in [9.17, 15) is 9.59 Å². The lowest BCUT2D eigenvalue weighted by Crippen LogP contribution is -2.09. The van der Waals surface area contributed by atoms with Crippen molar-refractivity contribution < 1.29 is 9.59 Å². The van der Waals surface area contributed by atoms with Crippen molar-refractivity contribution in [3.63, 3.8) is 0 Å². The van der Waals surface area contributed by atoms with Gasteiger partial charge in [0.2, 0.25) is 5.91 Å². The molecule has 0 spiro atoms. The van der Waals surface area contributed by atoms with E-state index < -0.39 is 5.91 Å². The van der Waals surface area contributed by atoms with Crippen molar-refractivity contribution in [2.24, 2.45) is 5.73 Å². The Bertz CT molecular complexity index is 81.1. The van der Waals surface area contributed by atoms with E-state index in [-0.39, 0.29) is 12.8 Å². The molecule has 0 aliphatic heterocycles. The Morgan fingerprint density at radius 3 is 2.11 bits per heavy atom. The second-order valence-corrected chi connectivity index (χ2v) is 1.17. The highest BCUT2D eigenvalue weighted by molar-refractivity contribution is 5.76. The Morgan fingerprint density at radius 2 is 2.00 bits per heavy atom. The van der Waals surface area contributed by atoms with E-state index in [1.165, 1.54) is 0 Å². The van der Waals surface area contributed by atoms with Crippen LogP contribution in [0, 0.1) is 0 Å². The number of carbonyl (C=O) groups is 2. The van der Waals surface area contributed by atoms with E-state index in [4.69, 9.17) is 0 Å². The third-order valence-corrected chi connectivity index (χ3v) is 0.509. The average molecular weight is 131 g/mol. The second kappa shape index (κ2) is 10.2. The largest absolute Gasteiger partial charge is 0.370 e. The first kappa shape index (κ1) is 11.0. The Labute approximate surface area is 55.2 Å². The molecule has 0 bridgehead atoms. The van der Waals surface area contributed by atoms with Crippen molar-refractivity contribution in [3.05, 3.63) is 0 Å². The lowest BCUT2D eigenvalue weighted by Gasteiger charge is -1.81. The van der Waals surface area contributed by atoms with Crippen molar-refractivity contribution >= 4 is 12.2 Å². The van der Waals surface area contributed by atoms with Gasteiger partial charge in [0.05, 0.1) is 0 Å². The van der Waals surface area contributed by atoms with Gasteiger partial charge < -0.3 is 10.5 Å². The topological polar surface area (TPSA) is 60.2 Å². The Kier molecular flexibility index (Phi) is 12.5. The van der Waals surface area contributed by atoms with E-state index in [0.29, 0.717) is 6.29 Å². The van der Waals surface area contributed by atoms with E-state index in [2.05, 4.69) is 5.73 Å². The molecule has 9 heavy (non-hydrogen) atoms. The quantitative estimate of drug-likeness (QED) is 0.566. The van der Waals surface area contributed by atoms with Crippen molar-refractivity contribution in [1.29, 1.82) is 0 Å². The Morgan fingerprint density at radius 1 is 1.56 bits per heavy atom. The van der Waals surface area contributed by atoms with Crippen LogP contribution in [0.4, 0.5) is 0 Å². The molecule has 0 rings (SSSR count). The van der Waals surface area contributed by atoms with Crippen LogP contribution in [-0.4, -0.2) is 12.2 Å². The summed E-state index contributed by atoms with van der Waals surface area (Å²) < 4.78 is 0. The van der Waals surface area contributed by atoms with Crippen LogP contribution >= 0.6 is 0 Å². The van der Waals surface area contributed by atoms with E-state index in [0.717, 1.165) is 0 Å². The molecule has 1 amide bonds. The predicted octanol–water partition coefficient (Wildman–Crippen LogP) is 0.477. The molecule has 0 aromatic carbocycles. The number of hydrogen-bond acceptors (Lipinski definition) is 2. The number of nitrogens with two attached hydrogens (primary N) is 1. The number of primary amides is 1. The Hall–Kier alpha value is -0.860. The molecule has 0 heterocycles. The number of amides is 1. The first-order valence-corrected chi connectivity index (χ1v) is 2.99. The van der Waals surface area contributed by atoms with Crippen LogP contribution in [0.3, 0.4) is 0 Å². The van der Waals surface area contributed by atoms with Gasteiger partial charge in [-0.3, -0.25) is 4.79 Å². The minimum absolute atomic E-state index is 0.170. The molecule has 0 atom stereocenters. The van der Waals surface area contributed by atoms with Crippen molar-refractivity contribution in [3.8, 4) is 0 Å². The summed E-state index contributed by atoms with van der Waals surface area (Å²) >= 11 is 0. The van der Waals surface area contributed by atoms with Crippen LogP contribution in [0.25, 0.3) is 0 Å². The van der Waals surface area contributed by atoms with Gasteiger partial charge in [-0.1, -0.05) is 13.8 Å². The van der Waals surface area contributed by atoms with Crippen LogP contribution in [0.2, 0.25) is 0 Å². The zero-order valence-corrected chi connectivity index (χ0v) is 5.89. The number of hydrogen-bond donors (Lipinski definition) is 1. The molecule has 0 unspecified atom stereocenters. The van der Waals surface area contributed by atoms with E-state index in [1.54, 1.807) is 0 Å². The molecule has 0 radical (unpaired) electrons. The first-order valence-electron chi connectivity index (χ1n) is 2.99. The molecule has 0 aromatic heterocycles. The lowest BCUT2D eigenvalue weighted by atomic mass is 10.3. The minimum atomic E-state index is -0.424. The highest BCUT2D eigenvalue weighted by Crippen LogP contribution is 1.78. The van der Waals surface area contributed by atoms with Crippen LogP contribution in [0.1, 0.15) is 26.7 Å². The summed E-state index contributed by atoms with van der Waals surface area (Å²) in [5, 5.41) is 0. The minimum Gasteiger partial charge on any atom is -0.370 e. The molecule has 3 nitrogen and oxygen atoms in total. The Balaban J connectivity index is 0. The van der Waals surface area contributed by atoms with Gasteiger partial charge in [-0.15, -0.1) is 0 Å². The van der Waals surface area contributed by atoms with Crippen molar-refractivity contribution in [2.45, 2.75) is 26.7 Å². The zero-order chi connectivity index (χ0) is 7.70. The molecule has 0 aromatic rings. The van der Waals surface area contributed by atoms with Gasteiger partial charge in [0.25, 0.3) is 0 Å². The maximum absolute atomic E-state index is 9.82. The zero-order valence-electron chi connectivity index (χ0n) is 5.89. The molecule has 0 saturated heterocycles. The number of rotatable bonds is 3. The molecule has 0 saturated carbocycles. The fraction of sp³-hybridized carbons (Fsp3) is 0.667. The summed E-state index contributed by atoms with van der Waals surface area (Å²) in [4.78, 5) is 19.3. The maximum atomic E-state index is 9.82. The third kappa shape index (κ3) is 19.1. The summed E-state index contributed by atoms with van der Waals surface area (Å²) in [7, 11) is 0. The van der Waals surface area contributed by atoms with Crippen LogP contribution in [0.15, 0.2) is 0 Å². The first-order chi connectivity index (χ1) is 4.27. The van der Waals surface area contributed by atoms with Gasteiger partial charge in [0.15, 0.2) is 0 Å². The van der Waals surface area contributed by atoms with E-state index >= 15 is 0 Å². The lowest BCUT2D eigenvalue weighted by molar-refractivity contribution is -0.119. The molecule has 2 N–H and O–H groups in total. The smallest absolute Gasteiger partial charge is 0.217 e. The summed E-state index contributed by atoms with van der Waals surface area (Å²) in [5.41, 5.74) is 4.68. The van der Waals surface area contributed by atoms with Crippen molar-refractivity contribution in [2.75, 3.05) is 0 Å². The fourth-order valence-electron chi connectivity index (χ4n) is 0.201. The SMILES string of the molecule is CC.NC(=O)CCC=O. The molecule has 54 valence electrons. The number of aldehydes is 1. The summed E-state index contributed by atoms with van der Waals surface area (Å²) in [6, 6.07) is 0. The second-order valence-electron chi connectivity index (χ2n) is 1.17. The van der Waals surface area contributed by atoms with Crippen LogP contribution < -0.4 is 5.73 Å². The van der Waals surface area contributed by atoms with Gasteiger partial charge in [-0.05, 0) is 0 Å². The molecule has 3 heteroatoms. The van der Waals surface area contributed by atoms with Gasteiger partial charge in [-0.25, -0.2) is 0 Å². The average Bonchev–Trinajstić information content (AvgIpc) is 1.88. The number of carbonyl (C=O) groups excluding carboxylic acids is 2. The predicted molar refractivity (Wildman–Crippen MR) is 35.8 cm³/mol. The van der Waals surface area contributed by atoms with Gasteiger partial charge >= 0.3 is 0 Å². The van der Waals surface area contributed by atoms with Crippen LogP contribution in [0.5, 0.6) is 0 Å². The van der Waals surface area contributed by atoms with Gasteiger partial charge in [0.1, 0.15) is 6.29 Å². The third-order valence-electron chi connectivity index (χ3n) is 0.509. The van der Waals surface area contributed by atoms with Crippen LogP contribution in [-0.2, 0) is 9.59 Å². The molecule has 0 aliphatic rings. The standard InChI is InChI=1S/C4H7NO2.C2H6/c5-4(7)2-1-3-6;1-2/h3H,1-2H2,(H2,5,7);1-2H3. The highest BCUT2D eigenvalue weighted by atomic mass is 16.1. The normalized spacial score (nSPS) is 6.89. The summed E-state index contributed by atoms with van der Waals surface area (Å²) in [5.74, 6) is -0.424. The summed E-state index contributed by atoms with van der Waals surface area (Å²) in [6.45, 7) is 4.00. The summed E-state index contributed by atoms with van der Waals surface area (Å²) in [6.07, 6.45) is 1.09. The molecular weight excluding hydrogens is 118 g/mol. The van der Waals surface area contributed by atoms with Crippen molar-refractivity contribution in [1.82, 2.24) is 0 Å². The van der Waals surface area contributed by atoms with Gasteiger partial charge in [-0.2, -0.15) is 0 Å². The van der Waals surface area contributed by atoms with E-state index in [1.807, 2.05) is 13.8 Å². The molecule has 0 fully saturated rings.